The number of fused-ring (bicyclic) bond motifs is 2. The summed E-state index contributed by atoms with van der Waals surface area (Å²) in [5.41, 5.74) is 3.95. The Morgan fingerprint density at radius 1 is 0.971 bits per heavy atom. The van der Waals surface area contributed by atoms with E-state index in [-0.39, 0.29) is 24.0 Å². The Labute approximate surface area is 198 Å². The predicted molar refractivity (Wildman–Crippen MR) is 124 cm³/mol. The summed E-state index contributed by atoms with van der Waals surface area (Å²) in [6.07, 6.45) is 1.91. The Kier molecular flexibility index (Phi) is 4.56. The molecule has 0 saturated carbocycles. The van der Waals surface area contributed by atoms with Crippen molar-refractivity contribution in [2.24, 2.45) is 0 Å². The van der Waals surface area contributed by atoms with Crippen LogP contribution < -0.4 is 5.32 Å². The molecule has 0 aliphatic carbocycles. The van der Waals surface area contributed by atoms with Crippen LogP contribution in [0.5, 0.6) is 0 Å². The number of aryl methyl sites for hydroxylation is 1. The van der Waals surface area contributed by atoms with Crippen molar-refractivity contribution in [2.75, 3.05) is 0 Å². The molecule has 10 heteroatoms. The summed E-state index contributed by atoms with van der Waals surface area (Å²) in [5.74, 6) is -2.17. The van der Waals surface area contributed by atoms with E-state index in [0.717, 1.165) is 27.2 Å². The zero-order valence-corrected chi connectivity index (χ0v) is 18.6. The highest BCUT2D eigenvalue weighted by atomic mass is 16.2. The lowest BCUT2D eigenvalue weighted by Gasteiger charge is -2.27. The fourth-order valence-electron chi connectivity index (χ4n) is 4.56. The number of pyridine rings is 1. The van der Waals surface area contributed by atoms with Gasteiger partial charge < -0.3 is 0 Å². The number of carbonyl (C=O) groups excluding carboxylic acids is 4. The molecule has 4 amide bonds. The summed E-state index contributed by atoms with van der Waals surface area (Å²) in [7, 11) is 0. The number of amides is 4. The van der Waals surface area contributed by atoms with Gasteiger partial charge in [-0.05, 0) is 37.6 Å². The minimum absolute atomic E-state index is 0.0702. The van der Waals surface area contributed by atoms with Gasteiger partial charge in [-0.25, -0.2) is 4.68 Å². The van der Waals surface area contributed by atoms with Crippen LogP contribution in [0.2, 0.25) is 0 Å². The molecule has 35 heavy (non-hydrogen) atoms. The first-order valence-electron chi connectivity index (χ1n) is 11.1. The van der Waals surface area contributed by atoms with Crippen molar-refractivity contribution in [3.8, 4) is 16.9 Å². The fourth-order valence-corrected chi connectivity index (χ4v) is 4.56. The molecular formula is C25H18N6O4. The molecule has 4 heterocycles. The third-order valence-corrected chi connectivity index (χ3v) is 6.31. The number of benzene rings is 2. The summed E-state index contributed by atoms with van der Waals surface area (Å²) in [5, 5.41) is 11.7. The second-order valence-electron chi connectivity index (χ2n) is 8.56. The zero-order valence-electron chi connectivity index (χ0n) is 18.6. The van der Waals surface area contributed by atoms with Crippen molar-refractivity contribution >= 4 is 34.5 Å². The van der Waals surface area contributed by atoms with Gasteiger partial charge in [0.2, 0.25) is 11.8 Å². The molecule has 2 aliphatic heterocycles. The van der Waals surface area contributed by atoms with Gasteiger partial charge in [0.05, 0.1) is 28.5 Å². The Morgan fingerprint density at radius 3 is 2.63 bits per heavy atom. The Morgan fingerprint density at radius 2 is 1.80 bits per heavy atom. The number of nitrogens with zero attached hydrogens (tertiary/aromatic N) is 5. The maximum atomic E-state index is 13.1. The van der Waals surface area contributed by atoms with Gasteiger partial charge in [0, 0.05) is 23.1 Å². The summed E-state index contributed by atoms with van der Waals surface area (Å²) in [4.78, 5) is 55.4. The van der Waals surface area contributed by atoms with Crippen molar-refractivity contribution in [3.05, 3.63) is 71.5 Å². The number of aromatic nitrogens is 4. The Hall–Kier alpha value is -4.73. The minimum Gasteiger partial charge on any atom is -0.295 e. The molecule has 0 spiro atoms. The van der Waals surface area contributed by atoms with Crippen LogP contribution in [0.4, 0.5) is 0 Å². The number of piperidine rings is 1. The number of carbonyl (C=O) groups is 4. The first kappa shape index (κ1) is 20.8. The van der Waals surface area contributed by atoms with Crippen LogP contribution in [-0.4, -0.2) is 54.5 Å². The number of hydrogen-bond donors (Lipinski definition) is 1. The van der Waals surface area contributed by atoms with E-state index < -0.39 is 29.7 Å². The van der Waals surface area contributed by atoms with Gasteiger partial charge in [0.15, 0.2) is 0 Å². The molecule has 4 aromatic rings. The van der Waals surface area contributed by atoms with Gasteiger partial charge >= 0.3 is 0 Å². The van der Waals surface area contributed by atoms with E-state index in [1.54, 1.807) is 29.1 Å². The monoisotopic (exact) mass is 466 g/mol. The van der Waals surface area contributed by atoms with E-state index in [2.05, 4.69) is 20.6 Å². The maximum Gasteiger partial charge on any atom is 0.262 e. The topological polar surface area (TPSA) is 127 Å². The van der Waals surface area contributed by atoms with Crippen molar-refractivity contribution in [1.29, 1.82) is 0 Å². The van der Waals surface area contributed by atoms with Crippen LogP contribution in [0.25, 0.3) is 27.8 Å². The fraction of sp³-hybridized carbons (Fsp3) is 0.160. The standard InChI is InChI=1S/C25H18N6O4/c1-13-5-6-14-3-2-4-19(22(14)26-13)30-12-18(28-29-30)15-7-8-16-17(11-15)25(35)31(24(16)34)20-9-10-21(32)27-23(20)33/h2-8,11-12,20H,9-10H2,1H3,(H,27,32,33). The number of imide groups is 2. The van der Waals surface area contributed by atoms with Crippen molar-refractivity contribution in [3.63, 3.8) is 0 Å². The van der Waals surface area contributed by atoms with E-state index in [0.29, 0.717) is 11.3 Å². The predicted octanol–water partition coefficient (Wildman–Crippen LogP) is 2.19. The van der Waals surface area contributed by atoms with Crippen LogP contribution in [0.3, 0.4) is 0 Å². The molecule has 1 unspecified atom stereocenters. The van der Waals surface area contributed by atoms with E-state index in [1.807, 2.05) is 37.3 Å². The molecular weight excluding hydrogens is 448 g/mol. The van der Waals surface area contributed by atoms with Gasteiger partial charge in [-0.1, -0.05) is 29.5 Å². The summed E-state index contributed by atoms with van der Waals surface area (Å²) < 4.78 is 1.62. The molecule has 2 aliphatic rings. The molecule has 172 valence electrons. The van der Waals surface area contributed by atoms with Crippen LogP contribution in [0.15, 0.2) is 54.7 Å². The lowest BCUT2D eigenvalue weighted by atomic mass is 10.0. The number of para-hydroxylation sites is 1. The highest BCUT2D eigenvalue weighted by Crippen LogP contribution is 2.31. The molecule has 0 radical (unpaired) electrons. The quantitative estimate of drug-likeness (QED) is 0.459. The van der Waals surface area contributed by atoms with Crippen LogP contribution >= 0.6 is 0 Å². The van der Waals surface area contributed by atoms with E-state index >= 15 is 0 Å². The highest BCUT2D eigenvalue weighted by Gasteiger charge is 2.44. The van der Waals surface area contributed by atoms with Gasteiger partial charge in [-0.3, -0.25) is 34.4 Å². The molecule has 6 rings (SSSR count). The van der Waals surface area contributed by atoms with Gasteiger partial charge in [-0.15, -0.1) is 5.10 Å². The average Bonchev–Trinajstić information content (AvgIpc) is 3.43. The first-order chi connectivity index (χ1) is 16.9. The van der Waals surface area contributed by atoms with E-state index in [1.165, 1.54) is 0 Å². The van der Waals surface area contributed by atoms with Crippen LogP contribution in [0.1, 0.15) is 39.3 Å². The lowest BCUT2D eigenvalue weighted by Crippen LogP contribution is -2.54. The second kappa shape index (κ2) is 7.66. The maximum absolute atomic E-state index is 13.1. The molecule has 1 atom stereocenters. The van der Waals surface area contributed by atoms with Gasteiger partial charge in [0.1, 0.15) is 11.7 Å². The second-order valence-corrected chi connectivity index (χ2v) is 8.56. The van der Waals surface area contributed by atoms with Gasteiger partial charge in [0.25, 0.3) is 11.8 Å². The van der Waals surface area contributed by atoms with Crippen molar-refractivity contribution in [1.82, 2.24) is 30.2 Å². The van der Waals surface area contributed by atoms with Gasteiger partial charge in [-0.2, -0.15) is 0 Å². The molecule has 1 fully saturated rings. The molecule has 2 aromatic heterocycles. The zero-order chi connectivity index (χ0) is 24.3. The smallest absolute Gasteiger partial charge is 0.262 e. The Bertz CT molecular complexity index is 1590. The number of nitrogens with one attached hydrogen (secondary N) is 1. The minimum atomic E-state index is -1.01. The summed E-state index contributed by atoms with van der Waals surface area (Å²) in [6.45, 7) is 1.92. The molecule has 1 saturated heterocycles. The average molecular weight is 466 g/mol. The molecule has 0 bridgehead atoms. The largest absolute Gasteiger partial charge is 0.295 e. The van der Waals surface area contributed by atoms with Crippen molar-refractivity contribution in [2.45, 2.75) is 25.8 Å². The lowest BCUT2D eigenvalue weighted by molar-refractivity contribution is -0.136. The molecule has 2 aromatic carbocycles. The number of rotatable bonds is 3. The van der Waals surface area contributed by atoms with E-state index in [4.69, 9.17) is 0 Å². The van der Waals surface area contributed by atoms with Crippen LogP contribution in [0, 0.1) is 6.92 Å². The Balaban J connectivity index is 1.34. The highest BCUT2D eigenvalue weighted by molar-refractivity contribution is 6.23. The SMILES string of the molecule is Cc1ccc2cccc(-n3cc(-c4ccc5c(c4)C(=O)N(C4CCC(=O)NC4=O)C5=O)nn3)c2n1. The summed E-state index contributed by atoms with van der Waals surface area (Å²) >= 11 is 0. The molecule has 1 N–H and O–H groups in total. The third kappa shape index (κ3) is 3.30. The summed E-state index contributed by atoms with van der Waals surface area (Å²) in [6, 6.07) is 13.6. The third-order valence-electron chi connectivity index (χ3n) is 6.31. The van der Waals surface area contributed by atoms with Crippen LogP contribution in [-0.2, 0) is 9.59 Å². The van der Waals surface area contributed by atoms with Crippen molar-refractivity contribution < 1.29 is 19.2 Å². The molecule has 10 nitrogen and oxygen atoms in total. The number of hydrogen-bond acceptors (Lipinski definition) is 7. The first-order valence-corrected chi connectivity index (χ1v) is 11.1. The van der Waals surface area contributed by atoms with E-state index in [9.17, 15) is 19.2 Å². The normalized spacial score (nSPS) is 17.7.